The van der Waals surface area contributed by atoms with Crippen molar-refractivity contribution in [2.75, 3.05) is 0 Å². The number of aromatic nitrogens is 2. The highest BCUT2D eigenvalue weighted by Crippen LogP contribution is 2.38. The SMILES string of the molecule is c1ccc(-n2c3ccccc3c3c([Si](c4ccccc4)(c4ccccc4)c4cccc(-n5c6ccccc6c6cc7c(cc65)oc5ccccc57)c4)cccc32)cc1. The molecule has 0 unspecified atom stereocenters. The zero-order chi connectivity index (χ0) is 38.2. The Morgan fingerprint density at radius 1 is 0.310 bits per heavy atom. The van der Waals surface area contributed by atoms with Crippen molar-refractivity contribution in [2.24, 2.45) is 0 Å². The molecule has 0 spiro atoms. The molecule has 9 aromatic carbocycles. The molecule has 12 aromatic rings. The van der Waals surface area contributed by atoms with Gasteiger partial charge in [-0.15, -0.1) is 0 Å². The minimum Gasteiger partial charge on any atom is -0.456 e. The van der Waals surface area contributed by atoms with Gasteiger partial charge in [-0.2, -0.15) is 0 Å². The molecule has 0 saturated heterocycles. The number of rotatable bonds is 6. The van der Waals surface area contributed by atoms with Crippen molar-refractivity contribution < 1.29 is 4.42 Å². The highest BCUT2D eigenvalue weighted by molar-refractivity contribution is 7.20. The fourth-order valence-corrected chi connectivity index (χ4v) is 14.9. The van der Waals surface area contributed by atoms with Gasteiger partial charge in [-0.05, 0) is 75.3 Å². The van der Waals surface area contributed by atoms with Crippen molar-refractivity contribution in [3.63, 3.8) is 0 Å². The van der Waals surface area contributed by atoms with Gasteiger partial charge in [0.25, 0.3) is 0 Å². The molecule has 0 atom stereocenters. The van der Waals surface area contributed by atoms with Gasteiger partial charge in [0.1, 0.15) is 11.2 Å². The summed E-state index contributed by atoms with van der Waals surface area (Å²) < 4.78 is 11.4. The number of nitrogens with zero attached hydrogens (tertiary/aromatic N) is 2. The lowest BCUT2D eigenvalue weighted by atomic mass is 10.1. The van der Waals surface area contributed by atoms with Crippen LogP contribution in [-0.2, 0) is 0 Å². The number of para-hydroxylation sites is 4. The monoisotopic (exact) mass is 756 g/mol. The zero-order valence-electron chi connectivity index (χ0n) is 31.6. The van der Waals surface area contributed by atoms with Crippen molar-refractivity contribution in [3.05, 3.63) is 218 Å². The van der Waals surface area contributed by atoms with Gasteiger partial charge in [0, 0.05) is 49.8 Å². The number of fused-ring (bicyclic) bond motifs is 9. The van der Waals surface area contributed by atoms with E-state index in [1.54, 1.807) is 0 Å². The van der Waals surface area contributed by atoms with Crippen LogP contribution in [0.3, 0.4) is 0 Å². The van der Waals surface area contributed by atoms with Gasteiger partial charge >= 0.3 is 0 Å². The quantitative estimate of drug-likeness (QED) is 0.122. The summed E-state index contributed by atoms with van der Waals surface area (Å²) in [5.74, 6) is 0. The molecule has 0 aliphatic rings. The third kappa shape index (κ3) is 4.67. The average Bonchev–Trinajstić information content (AvgIpc) is 3.94. The van der Waals surface area contributed by atoms with E-state index in [0.717, 1.165) is 38.8 Å². The van der Waals surface area contributed by atoms with Gasteiger partial charge in [0.05, 0.1) is 22.1 Å². The average molecular weight is 757 g/mol. The smallest absolute Gasteiger partial charge is 0.180 e. The van der Waals surface area contributed by atoms with Crippen molar-refractivity contribution in [2.45, 2.75) is 0 Å². The van der Waals surface area contributed by atoms with Crippen LogP contribution in [0.4, 0.5) is 0 Å². The molecule has 0 radical (unpaired) electrons. The van der Waals surface area contributed by atoms with Crippen LogP contribution < -0.4 is 20.7 Å². The highest BCUT2D eigenvalue weighted by atomic mass is 28.3. The maximum atomic E-state index is 6.50. The lowest BCUT2D eigenvalue weighted by Crippen LogP contribution is -2.74. The summed E-state index contributed by atoms with van der Waals surface area (Å²) in [4.78, 5) is 0. The van der Waals surface area contributed by atoms with Gasteiger partial charge in [-0.3, -0.25) is 0 Å². The third-order valence-electron chi connectivity index (χ3n) is 12.2. The first-order valence-corrected chi connectivity index (χ1v) is 21.9. The van der Waals surface area contributed by atoms with E-state index in [4.69, 9.17) is 4.42 Å². The van der Waals surface area contributed by atoms with Gasteiger partial charge in [0.15, 0.2) is 8.07 Å². The van der Waals surface area contributed by atoms with E-state index in [-0.39, 0.29) is 0 Å². The van der Waals surface area contributed by atoms with Crippen LogP contribution in [0.5, 0.6) is 0 Å². The predicted molar refractivity (Wildman–Crippen MR) is 246 cm³/mol. The zero-order valence-corrected chi connectivity index (χ0v) is 32.6. The third-order valence-corrected chi connectivity index (χ3v) is 17.0. The lowest BCUT2D eigenvalue weighted by Gasteiger charge is -2.35. The second-order valence-electron chi connectivity index (χ2n) is 15.2. The van der Waals surface area contributed by atoms with Crippen LogP contribution in [0.1, 0.15) is 0 Å². The summed E-state index contributed by atoms with van der Waals surface area (Å²) in [6.45, 7) is 0. The number of benzene rings is 9. The van der Waals surface area contributed by atoms with E-state index in [1.807, 2.05) is 6.07 Å². The van der Waals surface area contributed by atoms with E-state index in [2.05, 4.69) is 221 Å². The van der Waals surface area contributed by atoms with E-state index >= 15 is 0 Å². The van der Waals surface area contributed by atoms with E-state index in [1.165, 1.54) is 58.8 Å². The largest absolute Gasteiger partial charge is 0.456 e. The molecule has 0 aliphatic carbocycles. The summed E-state index contributed by atoms with van der Waals surface area (Å²) in [5, 5.41) is 12.7. The molecular weight excluding hydrogens is 721 g/mol. The summed E-state index contributed by atoms with van der Waals surface area (Å²) in [7, 11) is -3.06. The Morgan fingerprint density at radius 3 is 1.59 bits per heavy atom. The summed E-state index contributed by atoms with van der Waals surface area (Å²) in [6.07, 6.45) is 0. The minimum absolute atomic E-state index is 0.896. The summed E-state index contributed by atoms with van der Waals surface area (Å²) in [6, 6.07) is 80.4. The van der Waals surface area contributed by atoms with Gasteiger partial charge < -0.3 is 13.6 Å². The maximum absolute atomic E-state index is 6.50. The van der Waals surface area contributed by atoms with E-state index in [9.17, 15) is 0 Å². The van der Waals surface area contributed by atoms with Crippen molar-refractivity contribution >= 4 is 94.4 Å². The van der Waals surface area contributed by atoms with E-state index in [0.29, 0.717) is 0 Å². The predicted octanol–water partition coefficient (Wildman–Crippen LogP) is 11.2. The Hall–Kier alpha value is -7.40. The Morgan fingerprint density at radius 2 is 0.845 bits per heavy atom. The fraction of sp³-hybridized carbons (Fsp3) is 0. The molecule has 3 aromatic heterocycles. The minimum atomic E-state index is -3.06. The molecule has 0 bridgehead atoms. The molecule has 12 rings (SSSR count). The topological polar surface area (TPSA) is 23.0 Å². The summed E-state index contributed by atoms with van der Waals surface area (Å²) in [5.41, 5.74) is 8.81. The Labute approximate surface area is 336 Å². The highest BCUT2D eigenvalue weighted by Gasteiger charge is 2.43. The summed E-state index contributed by atoms with van der Waals surface area (Å²) >= 11 is 0. The van der Waals surface area contributed by atoms with Crippen LogP contribution in [0.2, 0.25) is 0 Å². The Bertz CT molecular complexity index is 3470. The van der Waals surface area contributed by atoms with Gasteiger partial charge in [0.2, 0.25) is 0 Å². The first-order valence-electron chi connectivity index (χ1n) is 19.9. The van der Waals surface area contributed by atoms with Gasteiger partial charge in [-0.25, -0.2) is 0 Å². The molecule has 3 nitrogen and oxygen atoms in total. The molecular formula is C54H36N2OSi. The molecule has 0 N–H and O–H groups in total. The number of hydrogen-bond donors (Lipinski definition) is 0. The van der Waals surface area contributed by atoms with Crippen molar-refractivity contribution in [1.29, 1.82) is 0 Å². The van der Waals surface area contributed by atoms with Gasteiger partial charge in [-0.1, -0.05) is 158 Å². The van der Waals surface area contributed by atoms with Crippen LogP contribution in [0.25, 0.3) is 76.9 Å². The molecule has 3 heterocycles. The number of hydrogen-bond acceptors (Lipinski definition) is 1. The Balaban J connectivity index is 1.20. The first kappa shape index (κ1) is 32.8. The second-order valence-corrected chi connectivity index (χ2v) is 19.0. The first-order chi connectivity index (χ1) is 28.8. The van der Waals surface area contributed by atoms with Crippen LogP contribution in [0, 0.1) is 0 Å². The lowest BCUT2D eigenvalue weighted by molar-refractivity contribution is 0.669. The molecule has 4 heteroatoms. The second kappa shape index (κ2) is 12.8. The molecule has 272 valence electrons. The van der Waals surface area contributed by atoms with Crippen molar-refractivity contribution in [3.8, 4) is 11.4 Å². The van der Waals surface area contributed by atoms with Crippen LogP contribution >= 0.6 is 0 Å². The normalized spacial score (nSPS) is 12.1. The molecule has 0 fully saturated rings. The molecule has 0 saturated carbocycles. The molecule has 0 aliphatic heterocycles. The van der Waals surface area contributed by atoms with Crippen LogP contribution in [-0.4, -0.2) is 17.2 Å². The molecule has 0 amide bonds. The van der Waals surface area contributed by atoms with Crippen LogP contribution in [0.15, 0.2) is 223 Å². The Kier molecular flexibility index (Phi) is 7.25. The molecule has 58 heavy (non-hydrogen) atoms. The van der Waals surface area contributed by atoms with Crippen molar-refractivity contribution in [1.82, 2.24) is 9.13 Å². The fourth-order valence-electron chi connectivity index (χ4n) is 9.87. The maximum Gasteiger partial charge on any atom is 0.180 e. The standard InChI is InChI=1S/C54H36N2OSi/c1-4-18-37(19-5-1)55-48-30-14-11-28-44(48)54-49(55)31-17-33-53(54)58(39-21-6-2-7-22-39,40-23-8-3-9-24-40)41-25-16-20-38(34-41)56-47-29-13-10-26-42(47)45-35-46-43-27-12-15-32-51(43)57-52(46)36-50(45)56/h1-36H. The number of furan rings is 1. The van der Waals surface area contributed by atoms with E-state index < -0.39 is 8.07 Å².